The van der Waals surface area contributed by atoms with Crippen LogP contribution in [0.25, 0.3) is 0 Å². The highest BCUT2D eigenvalue weighted by atomic mass is 16.5. The van der Waals surface area contributed by atoms with Gasteiger partial charge in [0, 0.05) is 5.71 Å². The Bertz CT molecular complexity index is 1190. The number of unbranched alkanes of at least 4 members (excludes halogenated alkanes) is 1. The number of hydrogen-bond donors (Lipinski definition) is 1. The van der Waals surface area contributed by atoms with Gasteiger partial charge in [-0.05, 0) is 53.6 Å². The number of amides is 1. The third-order valence-corrected chi connectivity index (χ3v) is 5.71. The van der Waals surface area contributed by atoms with Crippen molar-refractivity contribution in [1.29, 1.82) is 0 Å². The second-order valence-electron chi connectivity index (χ2n) is 7.90. The summed E-state index contributed by atoms with van der Waals surface area (Å²) in [4.78, 5) is 18.0. The van der Waals surface area contributed by atoms with E-state index in [0.29, 0.717) is 41.2 Å². The van der Waals surface area contributed by atoms with E-state index in [4.69, 9.17) is 14.2 Å². The molecule has 0 fully saturated rings. The molecule has 0 radical (unpaired) electrons. The minimum atomic E-state index is -0.669. The minimum Gasteiger partial charge on any atom is -0.495 e. The van der Waals surface area contributed by atoms with Crippen LogP contribution in [0, 0.1) is 5.92 Å². The van der Waals surface area contributed by atoms with Gasteiger partial charge < -0.3 is 19.5 Å². The van der Waals surface area contributed by atoms with Crippen molar-refractivity contribution >= 4 is 23.3 Å². The van der Waals surface area contributed by atoms with Gasteiger partial charge in [0.2, 0.25) is 5.91 Å². The van der Waals surface area contributed by atoms with E-state index in [1.54, 1.807) is 38.0 Å². The number of carbonyl (C=O) groups is 1. The van der Waals surface area contributed by atoms with Crippen molar-refractivity contribution in [2.24, 2.45) is 10.9 Å². The molecule has 34 heavy (non-hydrogen) atoms. The highest BCUT2D eigenvalue weighted by Gasteiger charge is 2.39. The second kappa shape index (κ2) is 10.3. The van der Waals surface area contributed by atoms with E-state index in [0.717, 1.165) is 18.4 Å². The molecule has 178 valence electrons. The van der Waals surface area contributed by atoms with E-state index in [1.807, 2.05) is 30.3 Å². The Morgan fingerprint density at radius 1 is 1.09 bits per heavy atom. The topological polar surface area (TPSA) is 113 Å². The summed E-state index contributed by atoms with van der Waals surface area (Å²) >= 11 is 0. The summed E-state index contributed by atoms with van der Waals surface area (Å²) in [6, 6.07) is 12.3. The van der Waals surface area contributed by atoms with Crippen molar-refractivity contribution < 1.29 is 19.0 Å². The molecule has 1 aliphatic heterocycles. The maximum absolute atomic E-state index is 13.6. The number of tetrazole rings is 1. The second-order valence-corrected chi connectivity index (χ2v) is 7.90. The fraction of sp³-hybridized carbons (Fsp3) is 0.375. The molecule has 1 amide bonds. The standard InChI is InChI=1S/C24H28N6O4/c1-5-6-13-34-19-12-11-16(14-20(19)33-4)22-21(15(2)25-24-27-28-29-30(22)24)23(31)26-17-9-7-8-10-18(17)32-3/h7-12,14,21-22H,5-6,13H2,1-4H3,(H,26,31). The summed E-state index contributed by atoms with van der Waals surface area (Å²) in [5.74, 6) is 1.21. The van der Waals surface area contributed by atoms with Crippen LogP contribution in [0.3, 0.4) is 0 Å². The van der Waals surface area contributed by atoms with E-state index in [2.05, 4.69) is 32.8 Å². The van der Waals surface area contributed by atoms with E-state index >= 15 is 0 Å². The maximum Gasteiger partial charge on any atom is 0.269 e. The Balaban J connectivity index is 1.71. The molecule has 2 aromatic carbocycles. The van der Waals surface area contributed by atoms with Crippen LogP contribution in [0.4, 0.5) is 11.6 Å². The lowest BCUT2D eigenvalue weighted by atomic mass is 9.87. The van der Waals surface area contributed by atoms with Crippen molar-refractivity contribution in [1.82, 2.24) is 20.2 Å². The fourth-order valence-corrected chi connectivity index (χ4v) is 3.98. The molecule has 3 aromatic rings. The summed E-state index contributed by atoms with van der Waals surface area (Å²) in [5.41, 5.74) is 1.96. The number of nitrogens with one attached hydrogen (secondary N) is 1. The molecular formula is C24H28N6O4. The molecule has 0 aliphatic carbocycles. The molecule has 10 nitrogen and oxygen atoms in total. The highest BCUT2D eigenvalue weighted by Crippen LogP contribution is 2.39. The number of carbonyl (C=O) groups excluding carboxylic acids is 1. The first-order chi connectivity index (χ1) is 16.6. The van der Waals surface area contributed by atoms with Crippen molar-refractivity contribution in [2.75, 3.05) is 26.1 Å². The van der Waals surface area contributed by atoms with Crippen LogP contribution in [0.2, 0.25) is 0 Å². The van der Waals surface area contributed by atoms with Gasteiger partial charge in [0.05, 0.1) is 32.6 Å². The monoisotopic (exact) mass is 464 g/mol. The molecule has 1 aliphatic rings. The van der Waals surface area contributed by atoms with Crippen LogP contribution in [0.1, 0.15) is 38.3 Å². The Labute approximate surface area is 197 Å². The van der Waals surface area contributed by atoms with Gasteiger partial charge in [-0.25, -0.2) is 9.67 Å². The zero-order chi connectivity index (χ0) is 24.1. The highest BCUT2D eigenvalue weighted by molar-refractivity contribution is 6.10. The number of aliphatic imine (C=N–C) groups is 1. The minimum absolute atomic E-state index is 0.251. The number of para-hydroxylation sites is 2. The first-order valence-electron chi connectivity index (χ1n) is 11.1. The van der Waals surface area contributed by atoms with Crippen LogP contribution >= 0.6 is 0 Å². The number of benzene rings is 2. The number of nitrogens with zero attached hydrogens (tertiary/aromatic N) is 5. The van der Waals surface area contributed by atoms with Crippen molar-refractivity contribution in [3.05, 3.63) is 48.0 Å². The summed E-state index contributed by atoms with van der Waals surface area (Å²) < 4.78 is 18.4. The Hall–Kier alpha value is -3.95. The summed E-state index contributed by atoms with van der Waals surface area (Å²) in [5, 5.41) is 14.9. The number of aromatic nitrogens is 4. The predicted octanol–water partition coefficient (Wildman–Crippen LogP) is 3.82. The molecule has 0 spiro atoms. The number of fused-ring (bicyclic) bond motifs is 1. The third-order valence-electron chi connectivity index (χ3n) is 5.71. The van der Waals surface area contributed by atoms with E-state index in [9.17, 15) is 4.79 Å². The summed E-state index contributed by atoms with van der Waals surface area (Å²) in [7, 11) is 3.15. The van der Waals surface area contributed by atoms with Gasteiger partial charge in [0.25, 0.3) is 5.95 Å². The predicted molar refractivity (Wildman–Crippen MR) is 127 cm³/mol. The van der Waals surface area contributed by atoms with E-state index in [-0.39, 0.29) is 5.91 Å². The van der Waals surface area contributed by atoms with Crippen molar-refractivity contribution in [2.45, 2.75) is 32.7 Å². The zero-order valence-electron chi connectivity index (χ0n) is 19.7. The molecular weight excluding hydrogens is 436 g/mol. The number of rotatable bonds is 9. The largest absolute Gasteiger partial charge is 0.495 e. The molecule has 2 unspecified atom stereocenters. The molecule has 0 saturated carbocycles. The van der Waals surface area contributed by atoms with Gasteiger partial charge in [0.1, 0.15) is 11.7 Å². The van der Waals surface area contributed by atoms with Crippen LogP contribution in [0.15, 0.2) is 47.5 Å². The zero-order valence-corrected chi connectivity index (χ0v) is 19.7. The smallest absolute Gasteiger partial charge is 0.269 e. The fourth-order valence-electron chi connectivity index (χ4n) is 3.98. The Morgan fingerprint density at radius 3 is 2.65 bits per heavy atom. The molecule has 1 aromatic heterocycles. The van der Waals surface area contributed by atoms with Gasteiger partial charge >= 0.3 is 0 Å². The lowest BCUT2D eigenvalue weighted by molar-refractivity contribution is -0.118. The molecule has 0 bridgehead atoms. The maximum atomic E-state index is 13.6. The molecule has 2 heterocycles. The summed E-state index contributed by atoms with van der Waals surface area (Å²) in [6.45, 7) is 4.51. The number of methoxy groups -OCH3 is 2. The van der Waals surface area contributed by atoms with Crippen LogP contribution in [-0.2, 0) is 4.79 Å². The van der Waals surface area contributed by atoms with Crippen LogP contribution in [-0.4, -0.2) is 52.7 Å². The molecule has 4 rings (SSSR count). The van der Waals surface area contributed by atoms with E-state index < -0.39 is 12.0 Å². The average Bonchev–Trinajstić information content (AvgIpc) is 3.31. The average molecular weight is 465 g/mol. The van der Waals surface area contributed by atoms with Gasteiger partial charge in [-0.15, -0.1) is 0 Å². The first-order valence-corrected chi connectivity index (χ1v) is 11.1. The number of hydrogen-bond acceptors (Lipinski definition) is 8. The van der Waals surface area contributed by atoms with Gasteiger partial charge in [-0.3, -0.25) is 4.79 Å². The number of ether oxygens (including phenoxy) is 3. The lowest BCUT2D eigenvalue weighted by Gasteiger charge is -2.30. The Morgan fingerprint density at radius 2 is 1.88 bits per heavy atom. The van der Waals surface area contributed by atoms with Crippen LogP contribution in [0.5, 0.6) is 17.2 Å². The lowest BCUT2D eigenvalue weighted by Crippen LogP contribution is -2.39. The molecule has 1 N–H and O–H groups in total. The van der Waals surface area contributed by atoms with Gasteiger partial charge in [0.15, 0.2) is 11.5 Å². The molecule has 10 heteroatoms. The summed E-state index contributed by atoms with van der Waals surface area (Å²) in [6.07, 6.45) is 1.98. The van der Waals surface area contributed by atoms with Gasteiger partial charge in [-0.2, -0.15) is 0 Å². The SMILES string of the molecule is CCCCOc1ccc(C2C(C(=O)Nc3ccccc3OC)C(C)=Nc3nnnn32)cc1OC. The van der Waals surface area contributed by atoms with E-state index in [1.165, 1.54) is 0 Å². The number of anilines is 1. The van der Waals surface area contributed by atoms with Gasteiger partial charge in [-0.1, -0.05) is 36.6 Å². The Kier molecular flexibility index (Phi) is 7.05. The quantitative estimate of drug-likeness (QED) is 0.479. The third kappa shape index (κ3) is 4.57. The van der Waals surface area contributed by atoms with Crippen molar-refractivity contribution in [3.63, 3.8) is 0 Å². The van der Waals surface area contributed by atoms with Crippen molar-refractivity contribution in [3.8, 4) is 17.2 Å². The molecule has 0 saturated heterocycles. The van der Waals surface area contributed by atoms with Crippen LogP contribution < -0.4 is 19.5 Å². The molecule has 2 atom stereocenters. The first kappa shape index (κ1) is 23.2. The normalized spacial score (nSPS) is 16.9.